The van der Waals surface area contributed by atoms with Crippen molar-refractivity contribution in [2.75, 3.05) is 19.6 Å². The van der Waals surface area contributed by atoms with Crippen LogP contribution in [0.25, 0.3) is 43.8 Å². The monoisotopic (exact) mass is 998 g/mol. The zero-order chi connectivity index (χ0) is 52.0. The molecule has 0 unspecified atom stereocenters. The zero-order valence-electron chi connectivity index (χ0n) is 43.0. The summed E-state index contributed by atoms with van der Waals surface area (Å²) in [7, 11) is 0. The molecule has 13 aromatic carbocycles. The Labute approximate surface area is 456 Å². The third-order valence-corrected chi connectivity index (χ3v) is 14.5. The highest BCUT2D eigenvalue weighted by Gasteiger charge is 2.19. The molecule has 0 aliphatic carbocycles. The van der Waals surface area contributed by atoms with E-state index < -0.39 is 0 Å². The minimum Gasteiger partial charge on any atom is -0.310 e. The third-order valence-electron chi connectivity index (χ3n) is 14.5. The highest BCUT2D eigenvalue weighted by Crippen LogP contribution is 2.43. The molecule has 0 saturated carbocycles. The molecule has 0 spiro atoms. The molecule has 0 saturated heterocycles. The second-order valence-corrected chi connectivity index (χ2v) is 19.5. The van der Waals surface area contributed by atoms with Crippen LogP contribution in [0, 0.1) is 0 Å². The van der Waals surface area contributed by atoms with Crippen LogP contribution in [0.4, 0.5) is 68.2 Å². The average molecular weight is 999 g/mol. The molecule has 370 valence electrons. The van der Waals surface area contributed by atoms with Gasteiger partial charge in [0.15, 0.2) is 0 Å². The van der Waals surface area contributed by atoms with Crippen molar-refractivity contribution in [3.8, 4) is 22.3 Å². The number of anilines is 12. The van der Waals surface area contributed by atoms with Crippen molar-refractivity contribution in [2.24, 2.45) is 0 Å². The maximum atomic E-state index is 2.36. The second kappa shape index (κ2) is 21.4. The predicted octanol–water partition coefficient (Wildman–Crippen LogP) is 21.2. The van der Waals surface area contributed by atoms with Crippen LogP contribution in [0.15, 0.2) is 328 Å². The van der Waals surface area contributed by atoms with Gasteiger partial charge in [-0.1, -0.05) is 182 Å². The van der Waals surface area contributed by atoms with E-state index in [4.69, 9.17) is 0 Å². The maximum Gasteiger partial charge on any atom is 0.0468 e. The summed E-state index contributed by atoms with van der Waals surface area (Å²) in [6, 6.07) is 117. The number of fused-ring (bicyclic) bond motifs is 2. The van der Waals surface area contributed by atoms with Crippen molar-refractivity contribution in [1.29, 1.82) is 0 Å². The van der Waals surface area contributed by atoms with Crippen LogP contribution in [0.2, 0.25) is 0 Å². The molecule has 0 N–H and O–H groups in total. The first-order chi connectivity index (χ1) is 38.7. The van der Waals surface area contributed by atoms with Gasteiger partial charge in [0.05, 0.1) is 0 Å². The van der Waals surface area contributed by atoms with E-state index in [1.165, 1.54) is 27.3 Å². The summed E-state index contributed by atoms with van der Waals surface area (Å²) in [4.78, 5) is 9.33. The largest absolute Gasteiger partial charge is 0.310 e. The summed E-state index contributed by atoms with van der Waals surface area (Å²) in [5.41, 5.74) is 17.9. The molecular formula is C74H54N4. The average Bonchev–Trinajstić information content (AvgIpc) is 3.55. The minimum atomic E-state index is 1.07. The van der Waals surface area contributed by atoms with Gasteiger partial charge in [-0.2, -0.15) is 0 Å². The molecule has 0 bridgehead atoms. The third kappa shape index (κ3) is 9.74. The van der Waals surface area contributed by atoms with E-state index in [9.17, 15) is 0 Å². The summed E-state index contributed by atoms with van der Waals surface area (Å²) in [6.45, 7) is 0. The van der Waals surface area contributed by atoms with E-state index in [0.717, 1.165) is 84.8 Å². The standard InChI is InChI=1S/C74H54N4/c1-7-19-55(20-8-1)56-31-41-69(42-32-56)78(74-50-40-60-52-72(48-38-62(60)54-74)76(65-25-13-4-14-26-65)66-27-15-5-16-28-66)70-45-35-58(36-46-70)57-33-43-68(44-34-57)77(67-29-17-6-18-30-67)73-49-39-59-51-71(47-37-61(59)53-73)75(63-21-9-2-10-22-63)64-23-11-3-12-24-64/h1-54H. The maximum absolute atomic E-state index is 2.36. The van der Waals surface area contributed by atoms with Gasteiger partial charge in [-0.3, -0.25) is 0 Å². The van der Waals surface area contributed by atoms with Gasteiger partial charge in [-0.05, 0) is 189 Å². The van der Waals surface area contributed by atoms with E-state index >= 15 is 0 Å². The molecule has 0 radical (unpaired) electrons. The highest BCUT2D eigenvalue weighted by atomic mass is 15.2. The number of nitrogens with zero attached hydrogens (tertiary/aromatic N) is 4. The van der Waals surface area contributed by atoms with Crippen molar-refractivity contribution >= 4 is 89.8 Å². The fourth-order valence-corrected chi connectivity index (χ4v) is 10.7. The highest BCUT2D eigenvalue weighted by molar-refractivity contribution is 5.95. The van der Waals surface area contributed by atoms with Crippen LogP contribution in [-0.2, 0) is 0 Å². The number of hydrogen-bond donors (Lipinski definition) is 0. The quantitative estimate of drug-likeness (QED) is 0.108. The van der Waals surface area contributed by atoms with Gasteiger partial charge in [0, 0.05) is 68.2 Å². The van der Waals surface area contributed by atoms with Crippen molar-refractivity contribution in [3.63, 3.8) is 0 Å². The van der Waals surface area contributed by atoms with E-state index in [2.05, 4.69) is 347 Å². The first-order valence-corrected chi connectivity index (χ1v) is 26.6. The summed E-state index contributed by atoms with van der Waals surface area (Å²) in [6.07, 6.45) is 0. The topological polar surface area (TPSA) is 13.0 Å². The smallest absolute Gasteiger partial charge is 0.0468 e. The Bertz CT molecular complexity index is 4020. The molecule has 4 nitrogen and oxygen atoms in total. The fourth-order valence-electron chi connectivity index (χ4n) is 10.7. The minimum absolute atomic E-state index is 1.07. The molecule has 0 aliphatic rings. The SMILES string of the molecule is c1ccc(-c2ccc(N(c3ccc(-c4ccc(N(c5ccccc5)c5ccc6cc(N(c7ccccc7)c7ccccc7)ccc6c5)cc4)cc3)c3ccc4cc(N(c5ccccc5)c5ccccc5)ccc4c3)cc2)cc1. The van der Waals surface area contributed by atoms with Gasteiger partial charge in [-0.25, -0.2) is 0 Å². The zero-order valence-corrected chi connectivity index (χ0v) is 43.0. The van der Waals surface area contributed by atoms with Crippen LogP contribution in [-0.4, -0.2) is 0 Å². The molecule has 4 heteroatoms. The van der Waals surface area contributed by atoms with E-state index in [1.54, 1.807) is 0 Å². The van der Waals surface area contributed by atoms with Gasteiger partial charge in [0.25, 0.3) is 0 Å². The molecule has 0 atom stereocenters. The van der Waals surface area contributed by atoms with Gasteiger partial charge in [0.1, 0.15) is 0 Å². The Morgan fingerprint density at radius 1 is 0.128 bits per heavy atom. The fraction of sp³-hybridized carbons (Fsp3) is 0. The van der Waals surface area contributed by atoms with Crippen LogP contribution >= 0.6 is 0 Å². The first kappa shape index (κ1) is 47.3. The summed E-state index contributed by atoms with van der Waals surface area (Å²) in [5.74, 6) is 0. The number of benzene rings is 13. The van der Waals surface area contributed by atoms with Crippen molar-refractivity contribution in [1.82, 2.24) is 0 Å². The number of hydrogen-bond acceptors (Lipinski definition) is 4. The number of rotatable bonds is 14. The van der Waals surface area contributed by atoms with Crippen LogP contribution < -0.4 is 19.6 Å². The molecular weight excluding hydrogens is 945 g/mol. The molecule has 0 aromatic heterocycles. The predicted molar refractivity (Wildman–Crippen MR) is 331 cm³/mol. The van der Waals surface area contributed by atoms with Gasteiger partial charge in [-0.15, -0.1) is 0 Å². The lowest BCUT2D eigenvalue weighted by Gasteiger charge is -2.27. The molecule has 0 aliphatic heterocycles. The lowest BCUT2D eigenvalue weighted by atomic mass is 10.0. The van der Waals surface area contributed by atoms with Gasteiger partial charge in [0.2, 0.25) is 0 Å². The molecule has 0 amide bonds. The molecule has 0 fully saturated rings. The lowest BCUT2D eigenvalue weighted by Crippen LogP contribution is -2.10. The Balaban J connectivity index is 0.812. The Hall–Kier alpha value is -10.4. The number of para-hydroxylation sites is 5. The Morgan fingerprint density at radius 3 is 0.513 bits per heavy atom. The lowest BCUT2D eigenvalue weighted by molar-refractivity contribution is 1.28. The van der Waals surface area contributed by atoms with E-state index in [0.29, 0.717) is 0 Å². The first-order valence-electron chi connectivity index (χ1n) is 26.6. The summed E-state index contributed by atoms with van der Waals surface area (Å²) < 4.78 is 0. The van der Waals surface area contributed by atoms with Crippen LogP contribution in [0.1, 0.15) is 0 Å². The van der Waals surface area contributed by atoms with Crippen molar-refractivity contribution in [2.45, 2.75) is 0 Å². The molecule has 78 heavy (non-hydrogen) atoms. The Kier molecular flexibility index (Phi) is 13.0. The van der Waals surface area contributed by atoms with Gasteiger partial charge < -0.3 is 19.6 Å². The van der Waals surface area contributed by atoms with E-state index in [-0.39, 0.29) is 0 Å². The van der Waals surface area contributed by atoms with Crippen molar-refractivity contribution < 1.29 is 0 Å². The van der Waals surface area contributed by atoms with Gasteiger partial charge >= 0.3 is 0 Å². The van der Waals surface area contributed by atoms with Crippen LogP contribution in [0.3, 0.4) is 0 Å². The van der Waals surface area contributed by atoms with Crippen molar-refractivity contribution in [3.05, 3.63) is 328 Å². The summed E-state index contributed by atoms with van der Waals surface area (Å²) in [5, 5.41) is 4.67. The normalized spacial score (nSPS) is 11.1. The second-order valence-electron chi connectivity index (χ2n) is 19.5. The Morgan fingerprint density at radius 2 is 0.295 bits per heavy atom. The van der Waals surface area contributed by atoms with Crippen LogP contribution in [0.5, 0.6) is 0 Å². The van der Waals surface area contributed by atoms with E-state index in [1.807, 2.05) is 0 Å². The summed E-state index contributed by atoms with van der Waals surface area (Å²) >= 11 is 0. The molecule has 13 aromatic rings. The molecule has 13 rings (SSSR count). The molecule has 0 heterocycles.